The van der Waals surface area contributed by atoms with Crippen LogP contribution >= 0.6 is 23.8 Å². The molecular weight excluding hydrogens is 286 g/mol. The molecule has 0 atom stereocenters. The number of halogens is 1. The van der Waals surface area contributed by atoms with Gasteiger partial charge in [-0.05, 0) is 23.8 Å². The molecule has 0 aliphatic carbocycles. The maximum atomic E-state index is 6.15. The van der Waals surface area contributed by atoms with E-state index < -0.39 is 0 Å². The Labute approximate surface area is 127 Å². The third kappa shape index (κ3) is 2.17. The molecule has 1 heterocycles. The van der Waals surface area contributed by atoms with Crippen LogP contribution in [-0.4, -0.2) is 4.98 Å². The minimum Gasteiger partial charge on any atom is -0.346 e. The van der Waals surface area contributed by atoms with Crippen LogP contribution in [0.4, 0.5) is 0 Å². The molecule has 0 saturated heterocycles. The van der Waals surface area contributed by atoms with Crippen LogP contribution in [0.5, 0.6) is 0 Å². The van der Waals surface area contributed by atoms with Crippen LogP contribution < -0.4 is 0 Å². The highest BCUT2D eigenvalue weighted by Gasteiger charge is 2.10. The van der Waals surface area contributed by atoms with E-state index in [0.29, 0.717) is 9.66 Å². The van der Waals surface area contributed by atoms with Gasteiger partial charge < -0.3 is 4.98 Å². The molecule has 0 spiro atoms. The summed E-state index contributed by atoms with van der Waals surface area (Å²) in [6.07, 6.45) is 1.79. The van der Waals surface area contributed by atoms with Crippen LogP contribution in [0.3, 0.4) is 0 Å². The van der Waals surface area contributed by atoms with Gasteiger partial charge in [0.15, 0.2) is 0 Å². The summed E-state index contributed by atoms with van der Waals surface area (Å²) in [5, 5.41) is 1.75. The predicted molar refractivity (Wildman–Crippen MR) is 89.7 cm³/mol. The number of aromatic amines is 1. The molecule has 0 fully saturated rings. The summed E-state index contributed by atoms with van der Waals surface area (Å²) >= 11 is 11.6. The first-order valence-electron chi connectivity index (χ1n) is 6.24. The first-order chi connectivity index (χ1) is 9.70. The van der Waals surface area contributed by atoms with Gasteiger partial charge in [0.25, 0.3) is 0 Å². The van der Waals surface area contributed by atoms with E-state index >= 15 is 0 Å². The predicted octanol–water partition coefficient (Wildman–Crippen LogP) is 5.86. The Morgan fingerprint density at radius 2 is 1.85 bits per heavy atom. The monoisotopic (exact) mass is 297 g/mol. The molecule has 0 aliphatic rings. The van der Waals surface area contributed by atoms with Crippen molar-refractivity contribution in [3.8, 4) is 11.1 Å². The molecule has 0 bridgehead atoms. The van der Waals surface area contributed by atoms with Gasteiger partial charge in [-0.2, -0.15) is 0 Å². The zero-order valence-electron chi connectivity index (χ0n) is 10.7. The van der Waals surface area contributed by atoms with E-state index in [1.807, 2.05) is 36.4 Å². The topological polar surface area (TPSA) is 15.8 Å². The fourth-order valence-corrected chi connectivity index (χ4v) is 2.86. The molecule has 0 aliphatic heterocycles. The van der Waals surface area contributed by atoms with Crippen molar-refractivity contribution in [1.29, 1.82) is 0 Å². The van der Waals surface area contributed by atoms with Crippen molar-refractivity contribution >= 4 is 40.8 Å². The van der Waals surface area contributed by atoms with Crippen LogP contribution in [0, 0.1) is 4.64 Å². The first-order valence-corrected chi connectivity index (χ1v) is 7.02. The summed E-state index contributed by atoms with van der Waals surface area (Å²) in [5.41, 5.74) is 4.08. The molecule has 98 valence electrons. The van der Waals surface area contributed by atoms with E-state index in [1.165, 1.54) is 0 Å². The van der Waals surface area contributed by atoms with Gasteiger partial charge in [-0.25, -0.2) is 0 Å². The van der Waals surface area contributed by atoms with Crippen molar-refractivity contribution in [2.24, 2.45) is 0 Å². The molecule has 3 aromatic rings. The molecule has 3 heteroatoms. The molecule has 20 heavy (non-hydrogen) atoms. The molecule has 3 rings (SSSR count). The molecule has 0 amide bonds. The van der Waals surface area contributed by atoms with Crippen LogP contribution in [0.1, 0.15) is 5.56 Å². The fourth-order valence-electron chi connectivity index (χ4n) is 2.39. The van der Waals surface area contributed by atoms with Gasteiger partial charge in [-0.15, -0.1) is 0 Å². The molecular formula is C17H12ClNS. The largest absolute Gasteiger partial charge is 0.346 e. The second kappa shape index (κ2) is 5.23. The van der Waals surface area contributed by atoms with E-state index in [-0.39, 0.29) is 0 Å². The second-order valence-corrected chi connectivity index (χ2v) is 5.35. The van der Waals surface area contributed by atoms with E-state index in [0.717, 1.165) is 27.6 Å². The van der Waals surface area contributed by atoms with Gasteiger partial charge in [0, 0.05) is 27.1 Å². The smallest absolute Gasteiger partial charge is 0.111 e. The lowest BCUT2D eigenvalue weighted by molar-refractivity contribution is 1.36. The van der Waals surface area contributed by atoms with Crippen molar-refractivity contribution in [3.05, 3.63) is 70.3 Å². The average molecular weight is 298 g/mol. The molecule has 0 unspecified atom stereocenters. The summed E-state index contributed by atoms with van der Waals surface area (Å²) in [6, 6.07) is 15.9. The van der Waals surface area contributed by atoms with Gasteiger partial charge in [0.05, 0.1) is 0 Å². The van der Waals surface area contributed by atoms with Crippen molar-refractivity contribution < 1.29 is 0 Å². The van der Waals surface area contributed by atoms with Crippen LogP contribution in [0.15, 0.2) is 55.1 Å². The molecule has 1 nitrogen and oxygen atoms in total. The maximum Gasteiger partial charge on any atom is 0.111 e. The fraction of sp³-hybridized carbons (Fsp3) is 0. The van der Waals surface area contributed by atoms with Gasteiger partial charge in [0.2, 0.25) is 0 Å². The first kappa shape index (κ1) is 13.1. The highest BCUT2D eigenvalue weighted by Crippen LogP contribution is 2.33. The van der Waals surface area contributed by atoms with Crippen LogP contribution in [0.2, 0.25) is 5.02 Å². The second-order valence-electron chi connectivity index (χ2n) is 4.50. The van der Waals surface area contributed by atoms with Crippen LogP contribution in [0.25, 0.3) is 28.1 Å². The normalized spacial score (nSPS) is 10.7. The van der Waals surface area contributed by atoms with E-state index in [4.69, 9.17) is 23.8 Å². The third-order valence-corrected chi connectivity index (χ3v) is 3.84. The number of hydrogen-bond acceptors (Lipinski definition) is 1. The summed E-state index contributed by atoms with van der Waals surface area (Å²) in [4.78, 5) is 3.23. The zero-order chi connectivity index (χ0) is 14.1. The lowest BCUT2D eigenvalue weighted by Crippen LogP contribution is -1.91. The van der Waals surface area contributed by atoms with Gasteiger partial charge in [-0.3, -0.25) is 0 Å². The quantitative estimate of drug-likeness (QED) is 0.586. The Morgan fingerprint density at radius 3 is 2.55 bits per heavy atom. The highest BCUT2D eigenvalue weighted by molar-refractivity contribution is 7.71. The lowest BCUT2D eigenvalue weighted by Gasteiger charge is -2.12. The number of H-pyrrole nitrogens is 1. The van der Waals surface area contributed by atoms with Gasteiger partial charge in [0.1, 0.15) is 4.64 Å². The Morgan fingerprint density at radius 1 is 1.10 bits per heavy atom. The summed E-state index contributed by atoms with van der Waals surface area (Å²) < 4.78 is 0.689. The van der Waals surface area contributed by atoms with E-state index in [1.54, 1.807) is 6.08 Å². The Balaban J connectivity index is 2.52. The number of hydrogen-bond donors (Lipinski definition) is 1. The molecule has 0 saturated carbocycles. The number of nitrogens with one attached hydrogen (secondary N) is 1. The Bertz CT molecular complexity index is 850. The Hall–Kier alpha value is -1.90. The minimum absolute atomic E-state index is 0.689. The standard InChI is InChI=1S/C17H12ClNS/c1-2-13-16(11-6-4-3-5-7-11)14-10-12(18)8-9-15(14)19-17(13)20/h2-10H,1H2,(H,19,20). The zero-order valence-corrected chi connectivity index (χ0v) is 12.3. The molecule has 2 aromatic carbocycles. The molecule has 1 N–H and O–H groups in total. The number of pyridine rings is 1. The SMILES string of the molecule is C=Cc1c(-c2ccccc2)c2cc(Cl)ccc2[nH]c1=S. The van der Waals surface area contributed by atoms with Crippen LogP contribution in [-0.2, 0) is 0 Å². The van der Waals surface area contributed by atoms with Crippen molar-refractivity contribution in [2.75, 3.05) is 0 Å². The number of rotatable bonds is 2. The maximum absolute atomic E-state index is 6.15. The summed E-state index contributed by atoms with van der Waals surface area (Å²) in [7, 11) is 0. The highest BCUT2D eigenvalue weighted by atomic mass is 35.5. The van der Waals surface area contributed by atoms with E-state index in [9.17, 15) is 0 Å². The minimum atomic E-state index is 0.689. The van der Waals surface area contributed by atoms with Gasteiger partial charge >= 0.3 is 0 Å². The number of aromatic nitrogens is 1. The van der Waals surface area contributed by atoms with Crippen molar-refractivity contribution in [1.82, 2.24) is 4.98 Å². The van der Waals surface area contributed by atoms with Gasteiger partial charge in [-0.1, -0.05) is 66.8 Å². The third-order valence-electron chi connectivity index (χ3n) is 3.28. The summed E-state index contributed by atoms with van der Waals surface area (Å²) in [6.45, 7) is 3.89. The number of benzene rings is 2. The molecule has 1 aromatic heterocycles. The lowest BCUT2D eigenvalue weighted by atomic mass is 9.96. The van der Waals surface area contributed by atoms with Crippen molar-refractivity contribution in [2.45, 2.75) is 0 Å². The average Bonchev–Trinajstić information content (AvgIpc) is 2.47. The van der Waals surface area contributed by atoms with E-state index in [2.05, 4.69) is 23.7 Å². The van der Waals surface area contributed by atoms with Crippen molar-refractivity contribution in [3.63, 3.8) is 0 Å². The molecule has 0 radical (unpaired) electrons. The Kier molecular flexibility index (Phi) is 3.43. The summed E-state index contributed by atoms with van der Waals surface area (Å²) in [5.74, 6) is 0. The number of fused-ring (bicyclic) bond motifs is 1.